The van der Waals surface area contributed by atoms with E-state index in [0.717, 1.165) is 11.8 Å². The third-order valence-corrected chi connectivity index (χ3v) is 4.64. The molecular formula is C19H16ClNO4S. The van der Waals surface area contributed by atoms with Gasteiger partial charge in [0.15, 0.2) is 0 Å². The minimum absolute atomic E-state index is 0.413. The van der Waals surface area contributed by atoms with Crippen molar-refractivity contribution >= 4 is 38.1 Å². The van der Waals surface area contributed by atoms with E-state index < -0.39 is 15.6 Å². The third kappa shape index (κ3) is 3.81. The molecule has 0 saturated carbocycles. The average Bonchev–Trinajstić information content (AvgIpc) is 2.56. The maximum atomic E-state index is 12.4. The van der Waals surface area contributed by atoms with Crippen LogP contribution in [0.5, 0.6) is 0 Å². The summed E-state index contributed by atoms with van der Waals surface area (Å²) in [5.41, 5.74) is 1.41. The molecule has 0 atom stereocenters. The first-order valence-electron chi connectivity index (χ1n) is 7.73. The second kappa shape index (κ2) is 6.97. The highest BCUT2D eigenvalue weighted by Crippen LogP contribution is 2.31. The topological polar surface area (TPSA) is 76.4 Å². The summed E-state index contributed by atoms with van der Waals surface area (Å²) in [5, 5.41) is 1.68. The Morgan fingerprint density at radius 3 is 2.46 bits per heavy atom. The van der Waals surface area contributed by atoms with Crippen molar-refractivity contribution < 1.29 is 12.8 Å². The Labute approximate surface area is 156 Å². The summed E-state index contributed by atoms with van der Waals surface area (Å²) in [5.74, 6) is 0.413. The van der Waals surface area contributed by atoms with Gasteiger partial charge in [-0.25, -0.2) is 13.2 Å². The zero-order valence-electron chi connectivity index (χ0n) is 14.0. The largest absolute Gasteiger partial charge is 0.422 e. The fourth-order valence-electron chi connectivity index (χ4n) is 2.76. The predicted octanol–water partition coefficient (Wildman–Crippen LogP) is 4.21. The van der Waals surface area contributed by atoms with Gasteiger partial charge in [0, 0.05) is 21.8 Å². The number of benzene rings is 2. The van der Waals surface area contributed by atoms with Crippen molar-refractivity contribution in [2.45, 2.75) is 6.42 Å². The van der Waals surface area contributed by atoms with Gasteiger partial charge in [0.2, 0.25) is 10.0 Å². The van der Waals surface area contributed by atoms with Gasteiger partial charge in [0.25, 0.3) is 0 Å². The number of hydrogen-bond donors (Lipinski definition) is 1. The van der Waals surface area contributed by atoms with E-state index in [2.05, 4.69) is 11.3 Å². The monoisotopic (exact) mass is 389 g/mol. The Morgan fingerprint density at radius 2 is 1.85 bits per heavy atom. The van der Waals surface area contributed by atoms with E-state index in [1.54, 1.807) is 48.5 Å². The summed E-state index contributed by atoms with van der Waals surface area (Å²) in [6.07, 6.45) is 3.28. The van der Waals surface area contributed by atoms with Crippen molar-refractivity contribution in [2.24, 2.45) is 0 Å². The first kappa shape index (κ1) is 18.2. The van der Waals surface area contributed by atoms with Crippen LogP contribution in [0.3, 0.4) is 0 Å². The molecule has 0 radical (unpaired) electrons. The number of halogens is 1. The van der Waals surface area contributed by atoms with Crippen LogP contribution in [0.4, 0.5) is 5.69 Å². The molecule has 0 aliphatic heterocycles. The summed E-state index contributed by atoms with van der Waals surface area (Å²) < 4.78 is 30.6. The van der Waals surface area contributed by atoms with Crippen LogP contribution in [0.2, 0.25) is 5.02 Å². The lowest BCUT2D eigenvalue weighted by molar-refractivity contribution is 0.530. The molecule has 0 saturated heterocycles. The standard InChI is InChI=1S/C19H16ClNO4S/c1-3-4-15-17-11-13(20)7-10-16(17)19(22)25-18(15)12-5-8-14(9-6-12)21-26(2,23)24/h3,5-11,21H,1,4H2,2H3. The van der Waals surface area contributed by atoms with Gasteiger partial charge in [-0.1, -0.05) is 17.7 Å². The number of rotatable bonds is 5. The van der Waals surface area contributed by atoms with Gasteiger partial charge in [0.1, 0.15) is 5.76 Å². The molecule has 0 amide bonds. The van der Waals surface area contributed by atoms with E-state index in [9.17, 15) is 13.2 Å². The van der Waals surface area contributed by atoms with Crippen molar-refractivity contribution in [2.75, 3.05) is 11.0 Å². The van der Waals surface area contributed by atoms with Crippen LogP contribution in [-0.4, -0.2) is 14.7 Å². The number of hydrogen-bond acceptors (Lipinski definition) is 4. The van der Waals surface area contributed by atoms with E-state index in [1.807, 2.05) is 0 Å². The zero-order chi connectivity index (χ0) is 18.9. The molecule has 0 unspecified atom stereocenters. The third-order valence-electron chi connectivity index (χ3n) is 3.79. The second-order valence-electron chi connectivity index (χ2n) is 5.83. The van der Waals surface area contributed by atoms with Crippen molar-refractivity contribution in [3.8, 4) is 11.3 Å². The van der Waals surface area contributed by atoms with Gasteiger partial charge in [0.05, 0.1) is 11.6 Å². The van der Waals surface area contributed by atoms with Gasteiger partial charge in [-0.05, 0) is 54.3 Å². The molecule has 1 heterocycles. The molecule has 3 aromatic rings. The minimum atomic E-state index is -3.36. The maximum Gasteiger partial charge on any atom is 0.344 e. The molecule has 0 aliphatic rings. The van der Waals surface area contributed by atoms with E-state index >= 15 is 0 Å². The lowest BCUT2D eigenvalue weighted by atomic mass is 9.99. The molecule has 3 rings (SSSR count). The molecular weight excluding hydrogens is 374 g/mol. The van der Waals surface area contributed by atoms with E-state index in [1.165, 1.54) is 0 Å². The SMILES string of the molecule is C=CCc1c(-c2ccc(NS(C)(=O)=O)cc2)oc(=O)c2ccc(Cl)cc12. The number of fused-ring (bicyclic) bond motifs is 1. The summed E-state index contributed by atoms with van der Waals surface area (Å²) in [4.78, 5) is 12.4. The smallest absolute Gasteiger partial charge is 0.344 e. The lowest BCUT2D eigenvalue weighted by Gasteiger charge is -2.11. The molecule has 0 fully saturated rings. The Bertz CT molecular complexity index is 1150. The summed E-state index contributed by atoms with van der Waals surface area (Å²) in [6.45, 7) is 3.77. The molecule has 0 spiro atoms. The van der Waals surface area contributed by atoms with E-state index in [-0.39, 0.29) is 0 Å². The summed E-state index contributed by atoms with van der Waals surface area (Å²) in [7, 11) is -3.36. The lowest BCUT2D eigenvalue weighted by Crippen LogP contribution is -2.09. The first-order chi connectivity index (χ1) is 12.3. The molecule has 0 aliphatic carbocycles. The van der Waals surface area contributed by atoms with Crippen LogP contribution < -0.4 is 10.3 Å². The van der Waals surface area contributed by atoms with Crippen molar-refractivity contribution in [3.05, 3.63) is 76.1 Å². The number of allylic oxidation sites excluding steroid dienone is 1. The molecule has 26 heavy (non-hydrogen) atoms. The highest BCUT2D eigenvalue weighted by molar-refractivity contribution is 7.92. The minimum Gasteiger partial charge on any atom is -0.422 e. The molecule has 7 heteroatoms. The predicted molar refractivity (Wildman–Crippen MR) is 105 cm³/mol. The number of anilines is 1. The van der Waals surface area contributed by atoms with Crippen molar-refractivity contribution in [3.63, 3.8) is 0 Å². The fourth-order valence-corrected chi connectivity index (χ4v) is 3.50. The van der Waals surface area contributed by atoms with Crippen molar-refractivity contribution in [1.29, 1.82) is 0 Å². The van der Waals surface area contributed by atoms with Crippen LogP contribution in [0.25, 0.3) is 22.1 Å². The van der Waals surface area contributed by atoms with Gasteiger partial charge < -0.3 is 4.42 Å². The highest BCUT2D eigenvalue weighted by Gasteiger charge is 2.15. The molecule has 2 aromatic carbocycles. The van der Waals surface area contributed by atoms with Crippen LogP contribution in [-0.2, 0) is 16.4 Å². The first-order valence-corrected chi connectivity index (χ1v) is 10.00. The Balaban J connectivity index is 2.19. The molecule has 1 N–H and O–H groups in total. The van der Waals surface area contributed by atoms with Crippen LogP contribution in [0.1, 0.15) is 5.56 Å². The van der Waals surface area contributed by atoms with E-state index in [0.29, 0.717) is 39.2 Å². The molecule has 5 nitrogen and oxygen atoms in total. The highest BCUT2D eigenvalue weighted by atomic mass is 35.5. The van der Waals surface area contributed by atoms with Crippen LogP contribution in [0.15, 0.2) is 64.3 Å². The Hall–Kier alpha value is -2.57. The van der Waals surface area contributed by atoms with Gasteiger partial charge in [-0.15, -0.1) is 6.58 Å². The maximum absolute atomic E-state index is 12.4. The molecule has 1 aromatic heterocycles. The Kier molecular flexibility index (Phi) is 4.89. The van der Waals surface area contributed by atoms with Crippen LogP contribution in [0, 0.1) is 0 Å². The second-order valence-corrected chi connectivity index (χ2v) is 8.02. The van der Waals surface area contributed by atoms with Gasteiger partial charge >= 0.3 is 5.63 Å². The number of sulfonamides is 1. The molecule has 0 bridgehead atoms. The van der Waals surface area contributed by atoms with Crippen LogP contribution >= 0.6 is 11.6 Å². The normalized spacial score (nSPS) is 11.5. The summed E-state index contributed by atoms with van der Waals surface area (Å²) in [6, 6.07) is 11.6. The van der Waals surface area contributed by atoms with E-state index in [4.69, 9.17) is 16.0 Å². The van der Waals surface area contributed by atoms with Crippen molar-refractivity contribution in [1.82, 2.24) is 0 Å². The number of nitrogens with one attached hydrogen (secondary N) is 1. The Morgan fingerprint density at radius 1 is 1.15 bits per heavy atom. The molecule has 134 valence electrons. The average molecular weight is 390 g/mol. The van der Waals surface area contributed by atoms with Gasteiger partial charge in [-0.2, -0.15) is 0 Å². The van der Waals surface area contributed by atoms with Gasteiger partial charge in [-0.3, -0.25) is 4.72 Å². The quantitative estimate of drug-likeness (QED) is 0.663. The zero-order valence-corrected chi connectivity index (χ0v) is 15.5. The fraction of sp³-hybridized carbons (Fsp3) is 0.105. The summed E-state index contributed by atoms with van der Waals surface area (Å²) >= 11 is 6.10.